The van der Waals surface area contributed by atoms with Crippen molar-refractivity contribution < 1.29 is 4.79 Å². The number of nitrogens with zero attached hydrogens (tertiary/aromatic N) is 1. The first kappa shape index (κ1) is 13.7. The van der Waals surface area contributed by atoms with E-state index in [0.717, 1.165) is 15.7 Å². The summed E-state index contributed by atoms with van der Waals surface area (Å²) >= 11 is 3.30. The Morgan fingerprint density at radius 1 is 1.21 bits per heavy atom. The average Bonchev–Trinajstić information content (AvgIpc) is 2.39. The van der Waals surface area contributed by atoms with Crippen molar-refractivity contribution >= 4 is 27.5 Å². The Bertz CT molecular complexity index is 579. The molecule has 0 aliphatic carbocycles. The number of pyridine rings is 1. The Morgan fingerprint density at radius 3 is 2.58 bits per heavy atom. The summed E-state index contributed by atoms with van der Waals surface area (Å²) in [6, 6.07) is 11.3. The summed E-state index contributed by atoms with van der Waals surface area (Å²) in [6.07, 6.45) is 1.61. The van der Waals surface area contributed by atoms with Crippen LogP contribution in [0.3, 0.4) is 0 Å². The molecule has 1 heterocycles. The molecule has 0 fully saturated rings. The third-order valence-corrected chi connectivity index (χ3v) is 3.26. The molecule has 1 aromatic heterocycles. The number of carbonyl (C=O) groups excluding carboxylic acids is 1. The highest BCUT2D eigenvalue weighted by Crippen LogP contribution is 2.24. The number of carbonyl (C=O) groups is 1. The van der Waals surface area contributed by atoms with Crippen molar-refractivity contribution in [3.8, 4) is 0 Å². The zero-order valence-corrected chi connectivity index (χ0v) is 12.4. The van der Waals surface area contributed by atoms with Crippen LogP contribution in [0.2, 0.25) is 0 Å². The highest BCUT2D eigenvalue weighted by Gasteiger charge is 2.11. The van der Waals surface area contributed by atoms with Crippen LogP contribution < -0.4 is 5.32 Å². The Kier molecular flexibility index (Phi) is 4.32. The summed E-state index contributed by atoms with van der Waals surface area (Å²) in [5, 5.41) is 2.91. The lowest BCUT2D eigenvalue weighted by Gasteiger charge is -2.13. The lowest BCUT2D eigenvalue weighted by molar-refractivity contribution is 0.102. The molecule has 19 heavy (non-hydrogen) atoms. The van der Waals surface area contributed by atoms with E-state index in [1.807, 2.05) is 24.3 Å². The van der Waals surface area contributed by atoms with E-state index in [2.05, 4.69) is 40.1 Å². The van der Waals surface area contributed by atoms with Gasteiger partial charge in [0.05, 0.1) is 0 Å². The van der Waals surface area contributed by atoms with Gasteiger partial charge in [-0.3, -0.25) is 4.79 Å². The maximum absolute atomic E-state index is 12.1. The maximum atomic E-state index is 12.1. The van der Waals surface area contributed by atoms with E-state index in [1.165, 1.54) is 0 Å². The summed E-state index contributed by atoms with van der Waals surface area (Å²) in [7, 11) is 0. The maximum Gasteiger partial charge on any atom is 0.274 e. The number of nitrogens with one attached hydrogen (secondary N) is 1. The molecular formula is C15H15BrN2O. The number of para-hydroxylation sites is 1. The first-order chi connectivity index (χ1) is 9.08. The number of rotatable bonds is 3. The Balaban J connectivity index is 2.22. The predicted molar refractivity (Wildman–Crippen MR) is 80.4 cm³/mol. The third kappa shape index (κ3) is 3.41. The van der Waals surface area contributed by atoms with Crippen molar-refractivity contribution in [2.45, 2.75) is 19.8 Å². The van der Waals surface area contributed by atoms with Crippen molar-refractivity contribution in [2.24, 2.45) is 0 Å². The molecule has 3 nitrogen and oxygen atoms in total. The van der Waals surface area contributed by atoms with Gasteiger partial charge in [0.15, 0.2) is 0 Å². The topological polar surface area (TPSA) is 42.0 Å². The van der Waals surface area contributed by atoms with Crippen LogP contribution in [0.4, 0.5) is 5.69 Å². The minimum absolute atomic E-state index is 0.194. The van der Waals surface area contributed by atoms with Crippen LogP contribution in [0, 0.1) is 0 Å². The summed E-state index contributed by atoms with van der Waals surface area (Å²) < 4.78 is 0.853. The number of amides is 1. The van der Waals surface area contributed by atoms with Gasteiger partial charge in [-0.25, -0.2) is 4.98 Å². The second-order valence-electron chi connectivity index (χ2n) is 4.56. The molecule has 0 saturated carbocycles. The first-order valence-corrected chi connectivity index (χ1v) is 6.89. The standard InChI is InChI=1S/C15H15BrN2O/c1-10(2)12-5-3-4-6-13(12)18-15(19)14-8-7-11(16)9-17-14/h3-10H,1-2H3,(H,18,19). The Morgan fingerprint density at radius 2 is 1.95 bits per heavy atom. The van der Waals surface area contributed by atoms with Crippen LogP contribution in [0.5, 0.6) is 0 Å². The smallest absolute Gasteiger partial charge is 0.274 e. The zero-order valence-electron chi connectivity index (χ0n) is 10.9. The van der Waals surface area contributed by atoms with E-state index in [9.17, 15) is 4.79 Å². The van der Waals surface area contributed by atoms with Gasteiger partial charge in [-0.05, 0) is 45.6 Å². The molecule has 1 N–H and O–H groups in total. The fraction of sp³-hybridized carbons (Fsp3) is 0.200. The summed E-state index contributed by atoms with van der Waals surface area (Å²) in [5.74, 6) is 0.162. The zero-order chi connectivity index (χ0) is 13.8. The van der Waals surface area contributed by atoms with E-state index < -0.39 is 0 Å². The first-order valence-electron chi connectivity index (χ1n) is 6.09. The van der Waals surface area contributed by atoms with Crippen LogP contribution in [-0.4, -0.2) is 10.9 Å². The second-order valence-corrected chi connectivity index (χ2v) is 5.47. The van der Waals surface area contributed by atoms with Crippen molar-refractivity contribution in [3.63, 3.8) is 0 Å². The molecule has 98 valence electrons. The molecule has 0 spiro atoms. The average molecular weight is 319 g/mol. The van der Waals surface area contributed by atoms with E-state index in [1.54, 1.807) is 18.3 Å². The summed E-state index contributed by atoms with van der Waals surface area (Å²) in [5.41, 5.74) is 2.36. The summed E-state index contributed by atoms with van der Waals surface area (Å²) in [6.45, 7) is 4.20. The Labute approximate surface area is 121 Å². The molecule has 0 saturated heterocycles. The highest BCUT2D eigenvalue weighted by molar-refractivity contribution is 9.10. The lowest BCUT2D eigenvalue weighted by Crippen LogP contribution is -2.15. The second kappa shape index (κ2) is 5.97. The molecule has 2 rings (SSSR count). The van der Waals surface area contributed by atoms with Gasteiger partial charge in [-0.15, -0.1) is 0 Å². The van der Waals surface area contributed by atoms with Gasteiger partial charge in [0, 0.05) is 16.4 Å². The quantitative estimate of drug-likeness (QED) is 0.920. The summed E-state index contributed by atoms with van der Waals surface area (Å²) in [4.78, 5) is 16.2. The Hall–Kier alpha value is -1.68. The van der Waals surface area contributed by atoms with E-state index in [4.69, 9.17) is 0 Å². The molecule has 1 amide bonds. The monoisotopic (exact) mass is 318 g/mol. The van der Waals surface area contributed by atoms with Crippen molar-refractivity contribution in [1.29, 1.82) is 0 Å². The fourth-order valence-electron chi connectivity index (χ4n) is 1.81. The number of hydrogen-bond acceptors (Lipinski definition) is 2. The van der Waals surface area contributed by atoms with Crippen molar-refractivity contribution in [3.05, 3.63) is 58.3 Å². The van der Waals surface area contributed by atoms with E-state index >= 15 is 0 Å². The van der Waals surface area contributed by atoms with Crippen LogP contribution in [0.15, 0.2) is 47.1 Å². The number of aromatic nitrogens is 1. The number of benzene rings is 1. The number of anilines is 1. The van der Waals surface area contributed by atoms with Gasteiger partial charge in [0.1, 0.15) is 5.69 Å². The minimum atomic E-state index is -0.194. The molecule has 0 aliphatic heterocycles. The largest absolute Gasteiger partial charge is 0.320 e. The van der Waals surface area contributed by atoms with Gasteiger partial charge in [-0.1, -0.05) is 32.0 Å². The highest BCUT2D eigenvalue weighted by atomic mass is 79.9. The number of halogens is 1. The van der Waals surface area contributed by atoms with Crippen LogP contribution >= 0.6 is 15.9 Å². The van der Waals surface area contributed by atoms with Crippen molar-refractivity contribution in [1.82, 2.24) is 4.98 Å². The number of hydrogen-bond donors (Lipinski definition) is 1. The molecule has 2 aromatic rings. The van der Waals surface area contributed by atoms with Gasteiger partial charge in [0.2, 0.25) is 0 Å². The minimum Gasteiger partial charge on any atom is -0.320 e. The van der Waals surface area contributed by atoms with Crippen molar-refractivity contribution in [2.75, 3.05) is 5.32 Å². The predicted octanol–water partition coefficient (Wildman–Crippen LogP) is 4.22. The SMILES string of the molecule is CC(C)c1ccccc1NC(=O)c1ccc(Br)cn1. The molecule has 0 aliphatic rings. The van der Waals surface area contributed by atoms with Gasteiger partial charge >= 0.3 is 0 Å². The molecule has 1 aromatic carbocycles. The van der Waals surface area contributed by atoms with Gasteiger partial charge < -0.3 is 5.32 Å². The lowest BCUT2D eigenvalue weighted by atomic mass is 10.0. The third-order valence-electron chi connectivity index (χ3n) is 2.79. The molecule has 0 radical (unpaired) electrons. The van der Waals surface area contributed by atoms with Crippen LogP contribution in [0.25, 0.3) is 0 Å². The fourth-order valence-corrected chi connectivity index (χ4v) is 2.05. The van der Waals surface area contributed by atoms with E-state index in [0.29, 0.717) is 11.6 Å². The van der Waals surface area contributed by atoms with Crippen LogP contribution in [0.1, 0.15) is 35.8 Å². The molecule has 4 heteroatoms. The van der Waals surface area contributed by atoms with Gasteiger partial charge in [-0.2, -0.15) is 0 Å². The molecule has 0 atom stereocenters. The van der Waals surface area contributed by atoms with E-state index in [-0.39, 0.29) is 5.91 Å². The van der Waals surface area contributed by atoms with Gasteiger partial charge in [0.25, 0.3) is 5.91 Å². The molecule has 0 bridgehead atoms. The normalized spacial score (nSPS) is 10.5. The van der Waals surface area contributed by atoms with Crippen LogP contribution in [-0.2, 0) is 0 Å². The molecule has 0 unspecified atom stereocenters. The molecular weight excluding hydrogens is 304 g/mol.